The van der Waals surface area contributed by atoms with Gasteiger partial charge in [-0.3, -0.25) is 4.79 Å². The molecule has 1 fully saturated rings. The van der Waals surface area contributed by atoms with Crippen molar-refractivity contribution in [1.29, 1.82) is 0 Å². The zero-order valence-corrected chi connectivity index (χ0v) is 10.7. The second-order valence-corrected chi connectivity index (χ2v) is 4.69. The maximum absolute atomic E-state index is 12.2. The van der Waals surface area contributed by atoms with E-state index in [1.165, 1.54) is 0 Å². The Balaban J connectivity index is 2.01. The predicted octanol–water partition coefficient (Wildman–Crippen LogP) is -0.393. The summed E-state index contributed by atoms with van der Waals surface area (Å²) in [6.07, 6.45) is 5.54. The molecule has 18 heavy (non-hydrogen) atoms. The molecule has 0 spiro atoms. The van der Waals surface area contributed by atoms with Crippen LogP contribution in [0.15, 0.2) is 12.5 Å². The third kappa shape index (κ3) is 3.08. The number of amides is 1. The first-order valence-corrected chi connectivity index (χ1v) is 6.32. The van der Waals surface area contributed by atoms with Crippen LogP contribution in [0, 0.1) is 0 Å². The normalized spacial score (nSPS) is 19.1. The second-order valence-electron chi connectivity index (χ2n) is 4.69. The van der Waals surface area contributed by atoms with E-state index in [0.717, 1.165) is 19.4 Å². The summed E-state index contributed by atoms with van der Waals surface area (Å²) in [6, 6.07) is 0.337. The third-order valence-electron chi connectivity index (χ3n) is 3.18. The summed E-state index contributed by atoms with van der Waals surface area (Å²) >= 11 is 0. The molecule has 1 aliphatic heterocycles. The highest BCUT2D eigenvalue weighted by atomic mass is 16.3. The molecule has 1 amide bonds. The number of hydrogen-bond acceptors (Lipinski definition) is 4. The number of nitrogens with zero attached hydrogens (tertiary/aromatic N) is 3. The summed E-state index contributed by atoms with van der Waals surface area (Å²) in [7, 11) is 1.83. The highest BCUT2D eigenvalue weighted by Gasteiger charge is 2.23. The summed E-state index contributed by atoms with van der Waals surface area (Å²) in [4.78, 5) is 18.0. The van der Waals surface area contributed by atoms with Crippen molar-refractivity contribution in [2.75, 3.05) is 26.2 Å². The maximum atomic E-state index is 12.2. The molecule has 6 nitrogen and oxygen atoms in total. The van der Waals surface area contributed by atoms with Crippen LogP contribution >= 0.6 is 0 Å². The van der Waals surface area contributed by atoms with Crippen LogP contribution < -0.4 is 5.32 Å². The Kier molecular flexibility index (Phi) is 4.33. The van der Waals surface area contributed by atoms with E-state index in [1.807, 2.05) is 7.05 Å². The van der Waals surface area contributed by atoms with Gasteiger partial charge < -0.3 is 19.9 Å². The van der Waals surface area contributed by atoms with E-state index in [1.54, 1.807) is 22.0 Å². The minimum Gasteiger partial charge on any atom is -0.395 e. The van der Waals surface area contributed by atoms with Crippen molar-refractivity contribution < 1.29 is 9.90 Å². The van der Waals surface area contributed by atoms with Crippen LogP contribution in [0.2, 0.25) is 0 Å². The van der Waals surface area contributed by atoms with Gasteiger partial charge in [-0.05, 0) is 19.4 Å². The summed E-state index contributed by atoms with van der Waals surface area (Å²) < 4.78 is 1.75. The van der Waals surface area contributed by atoms with Crippen molar-refractivity contribution in [2.45, 2.75) is 18.9 Å². The van der Waals surface area contributed by atoms with Crippen molar-refractivity contribution in [2.24, 2.45) is 7.05 Å². The van der Waals surface area contributed by atoms with E-state index < -0.39 is 0 Å². The van der Waals surface area contributed by atoms with Crippen LogP contribution in [0.3, 0.4) is 0 Å². The molecule has 1 unspecified atom stereocenters. The molecule has 1 aromatic heterocycles. The van der Waals surface area contributed by atoms with E-state index in [-0.39, 0.29) is 12.5 Å². The fourth-order valence-electron chi connectivity index (χ4n) is 2.26. The van der Waals surface area contributed by atoms with E-state index in [0.29, 0.717) is 24.8 Å². The van der Waals surface area contributed by atoms with Crippen molar-refractivity contribution in [3.05, 3.63) is 18.2 Å². The van der Waals surface area contributed by atoms with Gasteiger partial charge in [0.15, 0.2) is 0 Å². The van der Waals surface area contributed by atoms with Gasteiger partial charge in [-0.1, -0.05) is 0 Å². The molecule has 0 aliphatic carbocycles. The van der Waals surface area contributed by atoms with E-state index in [2.05, 4.69) is 10.3 Å². The Morgan fingerprint density at radius 2 is 2.56 bits per heavy atom. The summed E-state index contributed by atoms with van der Waals surface area (Å²) in [5.41, 5.74) is 0.434. The highest BCUT2D eigenvalue weighted by molar-refractivity contribution is 5.92. The van der Waals surface area contributed by atoms with Gasteiger partial charge in [0.05, 0.1) is 12.9 Å². The summed E-state index contributed by atoms with van der Waals surface area (Å²) in [5.74, 6) is -0.113. The average molecular weight is 252 g/mol. The zero-order valence-electron chi connectivity index (χ0n) is 10.7. The molecule has 100 valence electrons. The lowest BCUT2D eigenvalue weighted by Gasteiger charge is -2.24. The van der Waals surface area contributed by atoms with E-state index in [9.17, 15) is 4.79 Å². The van der Waals surface area contributed by atoms with Gasteiger partial charge in [-0.25, -0.2) is 4.98 Å². The Morgan fingerprint density at radius 3 is 3.11 bits per heavy atom. The minimum absolute atomic E-state index is 0.0225. The van der Waals surface area contributed by atoms with Gasteiger partial charge in [0.25, 0.3) is 5.91 Å². The standard InChI is InChI=1S/C12H20N4O2/c1-15-8-11(14-9-15)12(18)16(5-6-17)7-10-3-2-4-13-10/h8-10,13,17H,2-7H2,1H3. The Hall–Kier alpha value is -1.40. The first kappa shape index (κ1) is 13.0. The topological polar surface area (TPSA) is 70.4 Å². The third-order valence-corrected chi connectivity index (χ3v) is 3.18. The van der Waals surface area contributed by atoms with Crippen molar-refractivity contribution in [1.82, 2.24) is 19.8 Å². The zero-order chi connectivity index (χ0) is 13.0. The Bertz CT molecular complexity index is 399. The summed E-state index contributed by atoms with van der Waals surface area (Å²) in [5, 5.41) is 12.4. The lowest BCUT2D eigenvalue weighted by Crippen LogP contribution is -2.42. The minimum atomic E-state index is -0.113. The number of carbonyl (C=O) groups excluding carboxylic acids is 1. The number of rotatable bonds is 5. The average Bonchev–Trinajstić information content (AvgIpc) is 2.99. The number of aliphatic hydroxyl groups is 1. The molecule has 0 aromatic carbocycles. The molecule has 0 saturated carbocycles. The molecule has 2 N–H and O–H groups in total. The summed E-state index contributed by atoms with van der Waals surface area (Å²) in [6.45, 7) is 1.98. The van der Waals surface area contributed by atoms with Gasteiger partial charge in [0, 0.05) is 32.4 Å². The molecular formula is C12H20N4O2. The molecule has 6 heteroatoms. The molecule has 1 aliphatic rings. The first-order valence-electron chi connectivity index (χ1n) is 6.32. The number of aromatic nitrogens is 2. The SMILES string of the molecule is Cn1cnc(C(=O)N(CCO)CC2CCCN2)c1. The fourth-order valence-corrected chi connectivity index (χ4v) is 2.26. The van der Waals surface area contributed by atoms with E-state index in [4.69, 9.17) is 5.11 Å². The first-order chi connectivity index (χ1) is 8.70. The molecule has 1 saturated heterocycles. The number of imidazole rings is 1. The van der Waals surface area contributed by atoms with Crippen molar-refractivity contribution in [3.63, 3.8) is 0 Å². The molecule has 0 radical (unpaired) electrons. The maximum Gasteiger partial charge on any atom is 0.274 e. The van der Waals surface area contributed by atoms with Crippen LogP contribution in [-0.4, -0.2) is 57.7 Å². The van der Waals surface area contributed by atoms with Crippen molar-refractivity contribution in [3.8, 4) is 0 Å². The Morgan fingerprint density at radius 1 is 1.72 bits per heavy atom. The molecule has 1 aromatic rings. The number of aliphatic hydroxyl groups excluding tert-OH is 1. The fraction of sp³-hybridized carbons (Fsp3) is 0.667. The monoisotopic (exact) mass is 252 g/mol. The number of carbonyl (C=O) groups is 1. The van der Waals surface area contributed by atoms with Gasteiger partial charge in [-0.15, -0.1) is 0 Å². The number of hydrogen-bond donors (Lipinski definition) is 2. The van der Waals surface area contributed by atoms with Gasteiger partial charge >= 0.3 is 0 Å². The van der Waals surface area contributed by atoms with Gasteiger partial charge in [-0.2, -0.15) is 0 Å². The highest BCUT2D eigenvalue weighted by Crippen LogP contribution is 2.09. The predicted molar refractivity (Wildman–Crippen MR) is 67.2 cm³/mol. The van der Waals surface area contributed by atoms with Crippen LogP contribution in [-0.2, 0) is 7.05 Å². The van der Waals surface area contributed by atoms with Crippen LogP contribution in [0.4, 0.5) is 0 Å². The molecule has 1 atom stereocenters. The van der Waals surface area contributed by atoms with Crippen molar-refractivity contribution >= 4 is 5.91 Å². The molecule has 2 heterocycles. The second kappa shape index (κ2) is 5.97. The largest absolute Gasteiger partial charge is 0.395 e. The number of nitrogens with one attached hydrogen (secondary N) is 1. The molecule has 2 rings (SSSR count). The Labute approximate surface area is 107 Å². The van der Waals surface area contributed by atoms with Crippen LogP contribution in [0.1, 0.15) is 23.3 Å². The molecule has 0 bridgehead atoms. The number of aryl methyl sites for hydroxylation is 1. The van der Waals surface area contributed by atoms with Gasteiger partial charge in [0.2, 0.25) is 0 Å². The van der Waals surface area contributed by atoms with Gasteiger partial charge in [0.1, 0.15) is 5.69 Å². The lowest BCUT2D eigenvalue weighted by atomic mass is 10.2. The smallest absolute Gasteiger partial charge is 0.274 e. The molecular weight excluding hydrogens is 232 g/mol. The van der Waals surface area contributed by atoms with Crippen LogP contribution in [0.25, 0.3) is 0 Å². The quantitative estimate of drug-likeness (QED) is 0.748. The van der Waals surface area contributed by atoms with E-state index >= 15 is 0 Å². The van der Waals surface area contributed by atoms with Crippen LogP contribution in [0.5, 0.6) is 0 Å². The lowest BCUT2D eigenvalue weighted by molar-refractivity contribution is 0.0701.